The number of hydrogen-bond acceptors (Lipinski definition) is 3. The van der Waals surface area contributed by atoms with Gasteiger partial charge >= 0.3 is 0 Å². The van der Waals surface area contributed by atoms with E-state index in [1.807, 2.05) is 0 Å². The third kappa shape index (κ3) is 4.04. The van der Waals surface area contributed by atoms with E-state index in [2.05, 4.69) is 32.6 Å². The molecule has 1 aliphatic heterocycles. The zero-order valence-corrected chi connectivity index (χ0v) is 11.2. The van der Waals surface area contributed by atoms with E-state index in [1.165, 1.54) is 6.42 Å². The van der Waals surface area contributed by atoms with Gasteiger partial charge in [-0.25, -0.2) is 0 Å². The van der Waals surface area contributed by atoms with Gasteiger partial charge in [-0.2, -0.15) is 0 Å². The summed E-state index contributed by atoms with van der Waals surface area (Å²) in [7, 11) is 0. The lowest BCUT2D eigenvalue weighted by Crippen LogP contribution is -2.49. The van der Waals surface area contributed by atoms with Gasteiger partial charge in [-0.1, -0.05) is 27.7 Å². The Balaban J connectivity index is 2.37. The number of aliphatic hydroxyl groups excluding tert-OH is 1. The molecule has 0 aromatic heterocycles. The second-order valence-corrected chi connectivity index (χ2v) is 6.30. The summed E-state index contributed by atoms with van der Waals surface area (Å²) < 4.78 is 0. The lowest BCUT2D eigenvalue weighted by atomic mass is 9.78. The predicted octanol–water partition coefficient (Wildman–Crippen LogP) is 1.45. The molecule has 1 aliphatic rings. The maximum atomic E-state index is 9.67. The van der Waals surface area contributed by atoms with E-state index in [1.54, 1.807) is 0 Å². The van der Waals surface area contributed by atoms with Crippen LogP contribution in [0.4, 0.5) is 0 Å². The SMILES string of the molecule is CC(C)C(C)(C)CCN1CC(N)CC(O)C1. The van der Waals surface area contributed by atoms with E-state index in [9.17, 15) is 5.11 Å². The molecule has 0 bridgehead atoms. The van der Waals surface area contributed by atoms with Gasteiger partial charge in [-0.15, -0.1) is 0 Å². The lowest BCUT2D eigenvalue weighted by molar-refractivity contribution is 0.0506. The first-order chi connectivity index (χ1) is 7.31. The van der Waals surface area contributed by atoms with Gasteiger partial charge in [0.25, 0.3) is 0 Å². The van der Waals surface area contributed by atoms with Crippen molar-refractivity contribution in [2.24, 2.45) is 17.1 Å². The van der Waals surface area contributed by atoms with Gasteiger partial charge in [0, 0.05) is 19.1 Å². The second-order valence-electron chi connectivity index (χ2n) is 6.30. The Kier molecular flexibility index (Phi) is 4.77. The number of hydrogen-bond donors (Lipinski definition) is 2. The molecule has 3 nitrogen and oxygen atoms in total. The molecule has 1 heterocycles. The Labute approximate surface area is 100 Å². The van der Waals surface area contributed by atoms with Crippen molar-refractivity contribution in [3.05, 3.63) is 0 Å². The fraction of sp³-hybridized carbons (Fsp3) is 1.00. The topological polar surface area (TPSA) is 49.5 Å². The number of β-amino-alcohol motifs (C(OH)–C–C–N with tert-alkyl or cyclic N) is 1. The standard InChI is InChI=1S/C13H28N2O/c1-10(2)13(3,4)5-6-15-8-11(14)7-12(16)9-15/h10-12,16H,5-9,14H2,1-4H3. The van der Waals surface area contributed by atoms with Crippen LogP contribution in [-0.4, -0.2) is 41.8 Å². The fourth-order valence-electron chi connectivity index (χ4n) is 2.12. The first-order valence-corrected chi connectivity index (χ1v) is 6.47. The van der Waals surface area contributed by atoms with E-state index in [4.69, 9.17) is 5.73 Å². The normalized spacial score (nSPS) is 28.7. The quantitative estimate of drug-likeness (QED) is 0.766. The van der Waals surface area contributed by atoms with Crippen LogP contribution in [0.2, 0.25) is 0 Å². The molecule has 0 aliphatic carbocycles. The minimum absolute atomic E-state index is 0.144. The van der Waals surface area contributed by atoms with Crippen molar-refractivity contribution < 1.29 is 5.11 Å². The van der Waals surface area contributed by atoms with Crippen molar-refractivity contribution in [1.82, 2.24) is 4.90 Å². The van der Waals surface area contributed by atoms with E-state index < -0.39 is 0 Å². The Hall–Kier alpha value is -0.120. The molecule has 2 unspecified atom stereocenters. The van der Waals surface area contributed by atoms with Crippen molar-refractivity contribution in [2.45, 2.75) is 52.7 Å². The number of piperidine rings is 1. The highest BCUT2D eigenvalue weighted by Crippen LogP contribution is 2.30. The van der Waals surface area contributed by atoms with Gasteiger partial charge in [0.1, 0.15) is 0 Å². The van der Waals surface area contributed by atoms with Crippen molar-refractivity contribution in [3.63, 3.8) is 0 Å². The van der Waals surface area contributed by atoms with Crippen LogP contribution in [0, 0.1) is 11.3 Å². The smallest absolute Gasteiger partial charge is 0.0682 e. The zero-order valence-electron chi connectivity index (χ0n) is 11.2. The molecule has 0 amide bonds. The third-order valence-electron chi connectivity index (χ3n) is 4.17. The number of rotatable bonds is 4. The molecular formula is C13H28N2O. The van der Waals surface area contributed by atoms with Crippen molar-refractivity contribution in [2.75, 3.05) is 19.6 Å². The van der Waals surface area contributed by atoms with Gasteiger partial charge < -0.3 is 10.8 Å². The molecular weight excluding hydrogens is 200 g/mol. The maximum absolute atomic E-state index is 9.67. The van der Waals surface area contributed by atoms with Crippen molar-refractivity contribution in [1.29, 1.82) is 0 Å². The van der Waals surface area contributed by atoms with Crippen LogP contribution in [0.25, 0.3) is 0 Å². The Morgan fingerprint density at radius 1 is 1.38 bits per heavy atom. The minimum atomic E-state index is -0.231. The Morgan fingerprint density at radius 3 is 2.50 bits per heavy atom. The molecule has 3 N–H and O–H groups in total. The van der Waals surface area contributed by atoms with Crippen LogP contribution in [0.15, 0.2) is 0 Å². The molecule has 1 fully saturated rings. The molecule has 1 saturated heterocycles. The molecule has 3 heteroatoms. The summed E-state index contributed by atoms with van der Waals surface area (Å²) >= 11 is 0. The highest BCUT2D eigenvalue weighted by molar-refractivity contribution is 4.82. The van der Waals surface area contributed by atoms with Crippen molar-refractivity contribution >= 4 is 0 Å². The highest BCUT2D eigenvalue weighted by Gasteiger charge is 2.27. The summed E-state index contributed by atoms with van der Waals surface area (Å²) in [4.78, 5) is 2.31. The molecule has 2 atom stereocenters. The van der Waals surface area contributed by atoms with Crippen molar-refractivity contribution in [3.8, 4) is 0 Å². The van der Waals surface area contributed by atoms with Crippen LogP contribution in [-0.2, 0) is 0 Å². The van der Waals surface area contributed by atoms with Gasteiger partial charge in [0.15, 0.2) is 0 Å². The first-order valence-electron chi connectivity index (χ1n) is 6.47. The second kappa shape index (κ2) is 5.48. The fourth-order valence-corrected chi connectivity index (χ4v) is 2.12. The average Bonchev–Trinajstić information content (AvgIpc) is 2.13. The summed E-state index contributed by atoms with van der Waals surface area (Å²) in [6.07, 6.45) is 1.69. The highest BCUT2D eigenvalue weighted by atomic mass is 16.3. The molecule has 1 rings (SSSR count). The largest absolute Gasteiger partial charge is 0.392 e. The summed E-state index contributed by atoms with van der Waals surface area (Å²) in [6.45, 7) is 12.0. The van der Waals surface area contributed by atoms with Gasteiger partial charge in [-0.05, 0) is 30.7 Å². The van der Waals surface area contributed by atoms with Gasteiger partial charge in [-0.3, -0.25) is 4.90 Å². The molecule has 0 aromatic carbocycles. The average molecular weight is 228 g/mol. The van der Waals surface area contributed by atoms with Crippen LogP contribution in [0.1, 0.15) is 40.5 Å². The summed E-state index contributed by atoms with van der Waals surface area (Å²) in [5, 5.41) is 9.67. The molecule has 0 spiro atoms. The summed E-state index contributed by atoms with van der Waals surface area (Å²) in [5.41, 5.74) is 6.28. The third-order valence-corrected chi connectivity index (χ3v) is 4.17. The van der Waals surface area contributed by atoms with Crippen LogP contribution >= 0.6 is 0 Å². The number of nitrogens with two attached hydrogens (primary N) is 1. The minimum Gasteiger partial charge on any atom is -0.392 e. The molecule has 96 valence electrons. The molecule has 0 aromatic rings. The summed E-state index contributed by atoms with van der Waals surface area (Å²) in [5.74, 6) is 0.691. The summed E-state index contributed by atoms with van der Waals surface area (Å²) in [6, 6.07) is 0.144. The lowest BCUT2D eigenvalue weighted by Gasteiger charge is -2.37. The Bertz CT molecular complexity index is 206. The zero-order chi connectivity index (χ0) is 12.3. The van der Waals surface area contributed by atoms with E-state index in [-0.39, 0.29) is 12.1 Å². The van der Waals surface area contributed by atoms with Crippen LogP contribution < -0.4 is 5.73 Å². The maximum Gasteiger partial charge on any atom is 0.0682 e. The monoisotopic (exact) mass is 228 g/mol. The van der Waals surface area contributed by atoms with E-state index in [0.717, 1.165) is 26.1 Å². The number of nitrogens with zero attached hydrogens (tertiary/aromatic N) is 1. The first kappa shape index (κ1) is 13.9. The van der Waals surface area contributed by atoms with Crippen LogP contribution in [0.3, 0.4) is 0 Å². The molecule has 0 saturated carbocycles. The van der Waals surface area contributed by atoms with E-state index in [0.29, 0.717) is 11.3 Å². The van der Waals surface area contributed by atoms with Crippen LogP contribution in [0.5, 0.6) is 0 Å². The predicted molar refractivity (Wildman–Crippen MR) is 68.3 cm³/mol. The van der Waals surface area contributed by atoms with Gasteiger partial charge in [0.05, 0.1) is 6.10 Å². The Morgan fingerprint density at radius 2 is 2.00 bits per heavy atom. The van der Waals surface area contributed by atoms with Gasteiger partial charge in [0.2, 0.25) is 0 Å². The molecule has 16 heavy (non-hydrogen) atoms. The number of aliphatic hydroxyl groups is 1. The number of likely N-dealkylation sites (tertiary alicyclic amines) is 1. The molecule has 0 radical (unpaired) electrons. The van der Waals surface area contributed by atoms with E-state index >= 15 is 0 Å².